The molecule has 1 fully saturated rings. The summed E-state index contributed by atoms with van der Waals surface area (Å²) in [6.45, 7) is 0.770. The van der Waals surface area contributed by atoms with Crippen LogP contribution in [0, 0.1) is 0 Å². The van der Waals surface area contributed by atoms with Gasteiger partial charge in [0.15, 0.2) is 0 Å². The highest BCUT2D eigenvalue weighted by atomic mass is 32.2. The van der Waals surface area contributed by atoms with Gasteiger partial charge in [0.05, 0.1) is 0 Å². The summed E-state index contributed by atoms with van der Waals surface area (Å²) in [6.07, 6.45) is 3.13. The lowest BCUT2D eigenvalue weighted by Gasteiger charge is -2.17. The van der Waals surface area contributed by atoms with Crippen LogP contribution in [-0.4, -0.2) is 41.3 Å². The van der Waals surface area contributed by atoms with E-state index in [0.29, 0.717) is 18.1 Å². The summed E-state index contributed by atoms with van der Waals surface area (Å²) in [7, 11) is 1.69. The molecule has 1 aliphatic rings. The lowest BCUT2D eigenvalue weighted by molar-refractivity contribution is -0.143. The van der Waals surface area contributed by atoms with Crippen molar-refractivity contribution in [1.82, 2.24) is 0 Å². The molecule has 0 aromatic rings. The van der Waals surface area contributed by atoms with Gasteiger partial charge in [0.25, 0.3) is 0 Å². The monoisotopic (exact) mass is 233 g/mol. The van der Waals surface area contributed by atoms with Crippen LogP contribution < -0.4 is 5.73 Å². The Hall–Kier alpha value is -0.260. The van der Waals surface area contributed by atoms with Gasteiger partial charge in [0.1, 0.15) is 5.54 Å². The van der Waals surface area contributed by atoms with E-state index in [1.165, 1.54) is 0 Å². The van der Waals surface area contributed by atoms with Crippen molar-refractivity contribution in [2.24, 2.45) is 5.73 Å². The van der Waals surface area contributed by atoms with Crippen molar-refractivity contribution in [1.29, 1.82) is 0 Å². The van der Waals surface area contributed by atoms with Gasteiger partial charge in [0.2, 0.25) is 0 Å². The Kier molecular flexibility index (Phi) is 4.89. The lowest BCUT2D eigenvalue weighted by Crippen LogP contribution is -2.45. The summed E-state index contributed by atoms with van der Waals surface area (Å²) in [4.78, 5) is 10.9. The molecule has 0 radical (unpaired) electrons. The Labute approximate surface area is 94.6 Å². The fourth-order valence-corrected chi connectivity index (χ4v) is 3.14. The molecule has 0 amide bonds. The van der Waals surface area contributed by atoms with Crippen molar-refractivity contribution in [2.75, 3.05) is 19.5 Å². The zero-order valence-electron chi connectivity index (χ0n) is 9.07. The fraction of sp³-hybridized carbons (Fsp3) is 0.900. The van der Waals surface area contributed by atoms with Crippen molar-refractivity contribution in [3.63, 3.8) is 0 Å². The van der Waals surface area contributed by atoms with Gasteiger partial charge in [-0.05, 0) is 31.4 Å². The van der Waals surface area contributed by atoms with E-state index in [4.69, 9.17) is 15.6 Å². The summed E-state index contributed by atoms with van der Waals surface area (Å²) in [5.41, 5.74) is 4.81. The molecule has 4 nitrogen and oxygen atoms in total. The number of carbonyl (C=O) groups is 1. The van der Waals surface area contributed by atoms with Crippen LogP contribution in [0.15, 0.2) is 0 Å². The van der Waals surface area contributed by atoms with E-state index >= 15 is 0 Å². The third-order valence-corrected chi connectivity index (χ3v) is 4.17. The van der Waals surface area contributed by atoms with Gasteiger partial charge in [-0.3, -0.25) is 4.79 Å². The molecular formula is C10H19NO3S. The molecule has 0 aromatic carbocycles. The summed E-state index contributed by atoms with van der Waals surface area (Å²) in [6, 6.07) is 0. The molecule has 1 saturated carbocycles. The summed E-state index contributed by atoms with van der Waals surface area (Å²) in [5.74, 6) is 0.163. The topological polar surface area (TPSA) is 72.5 Å². The minimum Gasteiger partial charge on any atom is -0.480 e. The first-order valence-corrected chi connectivity index (χ1v) is 6.26. The second kappa shape index (κ2) is 5.72. The Balaban J connectivity index is 2.22. The van der Waals surface area contributed by atoms with E-state index in [9.17, 15) is 4.79 Å². The number of rotatable bonds is 6. The molecule has 0 aliphatic heterocycles. The van der Waals surface area contributed by atoms with E-state index in [2.05, 4.69) is 0 Å². The number of carboxylic acids is 1. The average Bonchev–Trinajstić information content (AvgIpc) is 2.57. The normalized spacial score (nSPS) is 30.7. The van der Waals surface area contributed by atoms with Crippen LogP contribution in [0.5, 0.6) is 0 Å². The molecule has 88 valence electrons. The van der Waals surface area contributed by atoms with Gasteiger partial charge >= 0.3 is 5.97 Å². The smallest absolute Gasteiger partial charge is 0.323 e. The molecule has 15 heavy (non-hydrogen) atoms. The number of thioether (sulfide) groups is 1. The zero-order valence-corrected chi connectivity index (χ0v) is 9.89. The van der Waals surface area contributed by atoms with Crippen molar-refractivity contribution < 1.29 is 14.6 Å². The minimum atomic E-state index is -0.973. The fourth-order valence-electron chi connectivity index (χ4n) is 1.82. The highest BCUT2D eigenvalue weighted by Crippen LogP contribution is 2.35. The third kappa shape index (κ3) is 3.66. The van der Waals surface area contributed by atoms with Crippen LogP contribution in [0.1, 0.15) is 25.7 Å². The van der Waals surface area contributed by atoms with Crippen LogP contribution in [0.25, 0.3) is 0 Å². The molecule has 1 aliphatic carbocycles. The predicted octanol–water partition coefficient (Wildman–Crippen LogP) is 1.09. The molecule has 2 atom stereocenters. The van der Waals surface area contributed by atoms with Crippen molar-refractivity contribution in [2.45, 2.75) is 36.5 Å². The van der Waals surface area contributed by atoms with E-state index in [-0.39, 0.29) is 0 Å². The number of hydrogen-bond donors (Lipinski definition) is 2. The quantitative estimate of drug-likeness (QED) is 0.672. The first-order chi connectivity index (χ1) is 7.08. The summed E-state index contributed by atoms with van der Waals surface area (Å²) in [5, 5.41) is 9.35. The Bertz CT molecular complexity index is 225. The molecule has 0 heterocycles. The second-order valence-electron chi connectivity index (χ2n) is 4.04. The van der Waals surface area contributed by atoms with E-state index in [1.54, 1.807) is 7.11 Å². The van der Waals surface area contributed by atoms with Gasteiger partial charge < -0.3 is 15.6 Å². The molecule has 0 spiro atoms. The van der Waals surface area contributed by atoms with Crippen LogP contribution in [-0.2, 0) is 9.53 Å². The maximum absolute atomic E-state index is 10.9. The van der Waals surface area contributed by atoms with Crippen LogP contribution in [0.2, 0.25) is 0 Å². The van der Waals surface area contributed by atoms with Crippen LogP contribution >= 0.6 is 11.8 Å². The second-order valence-corrected chi connectivity index (χ2v) is 5.45. The molecule has 1 rings (SSSR count). The van der Waals surface area contributed by atoms with Crippen molar-refractivity contribution in [3.05, 3.63) is 0 Å². The molecule has 0 bridgehead atoms. The number of ether oxygens (including phenoxy) is 1. The molecule has 0 saturated heterocycles. The SMILES string of the molecule is COCCCSC1CCC(N)(C(=O)O)C1. The van der Waals surface area contributed by atoms with Crippen LogP contribution in [0.3, 0.4) is 0 Å². The average molecular weight is 233 g/mol. The Morgan fingerprint density at radius 1 is 1.73 bits per heavy atom. The highest BCUT2D eigenvalue weighted by molar-refractivity contribution is 7.99. The number of carboxylic acid groups (broad SMARTS) is 1. The van der Waals surface area contributed by atoms with Crippen LogP contribution in [0.4, 0.5) is 0 Å². The van der Waals surface area contributed by atoms with Gasteiger partial charge in [-0.1, -0.05) is 0 Å². The molecule has 2 unspecified atom stereocenters. The minimum absolute atomic E-state index is 0.406. The molecular weight excluding hydrogens is 214 g/mol. The number of nitrogens with two attached hydrogens (primary N) is 1. The van der Waals surface area contributed by atoms with Gasteiger partial charge in [-0.15, -0.1) is 0 Å². The highest BCUT2D eigenvalue weighted by Gasteiger charge is 2.41. The Morgan fingerprint density at radius 2 is 2.47 bits per heavy atom. The first-order valence-electron chi connectivity index (χ1n) is 5.21. The van der Waals surface area contributed by atoms with E-state index in [0.717, 1.165) is 25.2 Å². The standard InChI is InChI=1S/C10H19NO3S/c1-14-5-2-6-15-8-3-4-10(11,7-8)9(12)13/h8H,2-7,11H2,1H3,(H,12,13). The maximum atomic E-state index is 10.9. The molecule has 0 aromatic heterocycles. The maximum Gasteiger partial charge on any atom is 0.323 e. The van der Waals surface area contributed by atoms with Gasteiger partial charge in [-0.2, -0.15) is 11.8 Å². The third-order valence-electron chi connectivity index (χ3n) is 2.78. The number of hydrogen-bond acceptors (Lipinski definition) is 4. The number of aliphatic carboxylic acids is 1. The van der Waals surface area contributed by atoms with Crippen molar-refractivity contribution in [3.8, 4) is 0 Å². The number of methoxy groups -OCH3 is 1. The summed E-state index contributed by atoms with van der Waals surface area (Å²) < 4.78 is 4.95. The lowest BCUT2D eigenvalue weighted by atomic mass is 10.0. The predicted molar refractivity (Wildman–Crippen MR) is 61.1 cm³/mol. The molecule has 5 heteroatoms. The van der Waals surface area contributed by atoms with E-state index in [1.807, 2.05) is 11.8 Å². The van der Waals surface area contributed by atoms with E-state index < -0.39 is 11.5 Å². The zero-order chi connectivity index (χ0) is 11.3. The first kappa shape index (κ1) is 12.8. The molecule has 3 N–H and O–H groups in total. The summed E-state index contributed by atoms with van der Waals surface area (Å²) >= 11 is 1.82. The van der Waals surface area contributed by atoms with Gasteiger partial charge in [-0.25, -0.2) is 0 Å². The Morgan fingerprint density at radius 3 is 3.00 bits per heavy atom. The van der Waals surface area contributed by atoms with Crippen molar-refractivity contribution >= 4 is 17.7 Å². The largest absolute Gasteiger partial charge is 0.480 e. The van der Waals surface area contributed by atoms with Gasteiger partial charge in [0, 0.05) is 19.0 Å².